The molecular formula is C19H22F3N3O. The Kier molecular flexibility index (Phi) is 5.07. The molecule has 1 N–H and O–H groups in total. The highest BCUT2D eigenvalue weighted by atomic mass is 19.4. The number of carbonyl (C=O) groups excluding carboxylic acids is 1. The molecule has 0 radical (unpaired) electrons. The second-order valence-electron chi connectivity index (χ2n) is 6.91. The van der Waals surface area contributed by atoms with Gasteiger partial charge in [0.05, 0.1) is 17.8 Å². The van der Waals surface area contributed by atoms with Crippen molar-refractivity contribution < 1.29 is 18.0 Å². The average molecular weight is 365 g/mol. The molecule has 0 saturated carbocycles. The van der Waals surface area contributed by atoms with E-state index in [-0.39, 0.29) is 24.3 Å². The number of benzene rings is 1. The fraction of sp³-hybridized carbons (Fsp3) is 0.474. The van der Waals surface area contributed by atoms with Crippen LogP contribution in [0.3, 0.4) is 0 Å². The minimum atomic E-state index is -4.35. The highest BCUT2D eigenvalue weighted by molar-refractivity contribution is 5.77. The largest absolute Gasteiger partial charge is 0.416 e. The lowest BCUT2D eigenvalue weighted by molar-refractivity contribution is -0.137. The zero-order valence-corrected chi connectivity index (χ0v) is 14.8. The number of amides is 1. The van der Waals surface area contributed by atoms with Crippen LogP contribution in [-0.2, 0) is 24.4 Å². The minimum absolute atomic E-state index is 0.0419. The fourth-order valence-electron chi connectivity index (χ4n) is 3.51. The van der Waals surface area contributed by atoms with Gasteiger partial charge in [-0.3, -0.25) is 9.48 Å². The van der Waals surface area contributed by atoms with Crippen LogP contribution in [-0.4, -0.2) is 15.7 Å². The van der Waals surface area contributed by atoms with Crippen LogP contribution in [0.15, 0.2) is 30.5 Å². The third kappa shape index (κ3) is 3.92. The van der Waals surface area contributed by atoms with Crippen molar-refractivity contribution in [1.82, 2.24) is 15.1 Å². The molecule has 2 aromatic rings. The first-order chi connectivity index (χ1) is 12.3. The molecule has 0 aliphatic heterocycles. The summed E-state index contributed by atoms with van der Waals surface area (Å²) in [7, 11) is 1.90. The molecule has 140 valence electrons. The predicted molar refractivity (Wildman–Crippen MR) is 91.5 cm³/mol. The highest BCUT2D eigenvalue weighted by Gasteiger charge is 2.30. The van der Waals surface area contributed by atoms with E-state index >= 15 is 0 Å². The standard InChI is InChI=1S/C19H22F3N3O/c1-12(13-6-8-14(9-7-13)19(20,21)22)10-18(26)24-16-4-3-5-17-15(16)11-23-25(17)2/h6-9,11-12,16H,3-5,10H2,1-2H3,(H,24,26). The zero-order valence-electron chi connectivity index (χ0n) is 14.8. The van der Waals surface area contributed by atoms with Crippen molar-refractivity contribution in [2.24, 2.45) is 7.05 Å². The Hall–Kier alpha value is -2.31. The molecule has 1 heterocycles. The summed E-state index contributed by atoms with van der Waals surface area (Å²) in [4.78, 5) is 12.4. The predicted octanol–water partition coefficient (Wildman–Crippen LogP) is 4.13. The molecule has 4 nitrogen and oxygen atoms in total. The van der Waals surface area contributed by atoms with E-state index in [1.54, 1.807) is 6.20 Å². The first-order valence-corrected chi connectivity index (χ1v) is 8.73. The first-order valence-electron chi connectivity index (χ1n) is 8.73. The normalized spacial score (nSPS) is 18.3. The number of halogens is 3. The number of fused-ring (bicyclic) bond motifs is 1. The van der Waals surface area contributed by atoms with Crippen molar-refractivity contribution in [3.05, 3.63) is 52.8 Å². The molecule has 3 rings (SSSR count). The molecule has 26 heavy (non-hydrogen) atoms. The van der Waals surface area contributed by atoms with E-state index in [9.17, 15) is 18.0 Å². The molecule has 1 aromatic carbocycles. The summed E-state index contributed by atoms with van der Waals surface area (Å²) >= 11 is 0. The van der Waals surface area contributed by atoms with Crippen LogP contribution in [0, 0.1) is 0 Å². The van der Waals surface area contributed by atoms with Crippen LogP contribution in [0.2, 0.25) is 0 Å². The summed E-state index contributed by atoms with van der Waals surface area (Å²) in [5.74, 6) is -0.256. The van der Waals surface area contributed by atoms with E-state index in [1.807, 2.05) is 18.7 Å². The van der Waals surface area contributed by atoms with Gasteiger partial charge in [0, 0.05) is 24.7 Å². The van der Waals surface area contributed by atoms with Crippen LogP contribution < -0.4 is 5.32 Å². The maximum absolute atomic E-state index is 12.6. The molecule has 0 fully saturated rings. The van der Waals surface area contributed by atoms with Crippen molar-refractivity contribution >= 4 is 5.91 Å². The average Bonchev–Trinajstić information content (AvgIpc) is 2.96. The minimum Gasteiger partial charge on any atom is -0.349 e. The zero-order chi connectivity index (χ0) is 18.9. The number of alkyl halides is 3. The van der Waals surface area contributed by atoms with Gasteiger partial charge in [0.1, 0.15) is 0 Å². The van der Waals surface area contributed by atoms with E-state index in [0.717, 1.165) is 48.2 Å². The lowest BCUT2D eigenvalue weighted by atomic mass is 9.92. The summed E-state index contributed by atoms with van der Waals surface area (Å²) in [6.07, 6.45) is 0.517. The van der Waals surface area contributed by atoms with Crippen LogP contribution >= 0.6 is 0 Å². The summed E-state index contributed by atoms with van der Waals surface area (Å²) in [5.41, 5.74) is 2.26. The van der Waals surface area contributed by atoms with Crippen molar-refractivity contribution in [3.63, 3.8) is 0 Å². The second kappa shape index (κ2) is 7.13. The molecule has 0 saturated heterocycles. The number of hydrogen-bond acceptors (Lipinski definition) is 2. The van der Waals surface area contributed by atoms with Crippen molar-refractivity contribution in [2.75, 3.05) is 0 Å². The van der Waals surface area contributed by atoms with E-state index in [2.05, 4.69) is 10.4 Å². The van der Waals surface area contributed by atoms with Crippen molar-refractivity contribution in [1.29, 1.82) is 0 Å². The smallest absolute Gasteiger partial charge is 0.349 e. The van der Waals surface area contributed by atoms with E-state index < -0.39 is 11.7 Å². The topological polar surface area (TPSA) is 46.9 Å². The molecule has 2 unspecified atom stereocenters. The van der Waals surface area contributed by atoms with Gasteiger partial charge in [-0.2, -0.15) is 18.3 Å². The number of hydrogen-bond donors (Lipinski definition) is 1. The Morgan fingerprint density at radius 3 is 2.69 bits per heavy atom. The number of carbonyl (C=O) groups is 1. The van der Waals surface area contributed by atoms with Gasteiger partial charge >= 0.3 is 6.18 Å². The fourth-order valence-corrected chi connectivity index (χ4v) is 3.51. The maximum Gasteiger partial charge on any atom is 0.416 e. The van der Waals surface area contributed by atoms with Crippen LogP contribution in [0.4, 0.5) is 13.2 Å². The number of nitrogens with one attached hydrogen (secondary N) is 1. The van der Waals surface area contributed by atoms with Crippen molar-refractivity contribution in [2.45, 2.75) is 50.7 Å². The van der Waals surface area contributed by atoms with Crippen LogP contribution in [0.5, 0.6) is 0 Å². The third-order valence-electron chi connectivity index (χ3n) is 5.01. The van der Waals surface area contributed by atoms with Gasteiger partial charge in [0.2, 0.25) is 5.91 Å². The third-order valence-corrected chi connectivity index (χ3v) is 5.01. The Morgan fingerprint density at radius 1 is 1.35 bits per heavy atom. The van der Waals surface area contributed by atoms with E-state index in [4.69, 9.17) is 0 Å². The molecule has 7 heteroatoms. The lowest BCUT2D eigenvalue weighted by Crippen LogP contribution is -2.31. The number of aryl methyl sites for hydroxylation is 1. The Morgan fingerprint density at radius 2 is 2.04 bits per heavy atom. The van der Waals surface area contributed by atoms with Gasteiger partial charge in [-0.25, -0.2) is 0 Å². The van der Waals surface area contributed by atoms with Gasteiger partial charge in [-0.15, -0.1) is 0 Å². The molecule has 1 aliphatic rings. The Labute approximate surface area is 150 Å². The lowest BCUT2D eigenvalue weighted by Gasteiger charge is -2.24. The monoisotopic (exact) mass is 365 g/mol. The summed E-state index contributed by atoms with van der Waals surface area (Å²) < 4.78 is 39.8. The summed E-state index contributed by atoms with van der Waals surface area (Å²) in [6, 6.07) is 4.97. The van der Waals surface area contributed by atoms with E-state index in [0.29, 0.717) is 0 Å². The van der Waals surface area contributed by atoms with Gasteiger partial charge < -0.3 is 5.32 Å². The SMILES string of the molecule is CC(CC(=O)NC1CCCc2c1cnn2C)c1ccc(C(F)(F)F)cc1. The highest BCUT2D eigenvalue weighted by Crippen LogP contribution is 2.32. The Balaban J connectivity index is 1.62. The van der Waals surface area contributed by atoms with Crippen molar-refractivity contribution in [3.8, 4) is 0 Å². The maximum atomic E-state index is 12.6. The van der Waals surface area contributed by atoms with Gasteiger partial charge in [0.25, 0.3) is 0 Å². The van der Waals surface area contributed by atoms with Crippen LogP contribution in [0.1, 0.15) is 60.5 Å². The van der Waals surface area contributed by atoms with Gasteiger partial charge in [-0.05, 0) is 42.9 Å². The van der Waals surface area contributed by atoms with E-state index in [1.165, 1.54) is 12.1 Å². The second-order valence-corrected chi connectivity index (χ2v) is 6.91. The molecule has 1 aliphatic carbocycles. The number of nitrogens with zero attached hydrogens (tertiary/aromatic N) is 2. The molecule has 1 aromatic heterocycles. The number of aromatic nitrogens is 2. The summed E-state index contributed by atoms with van der Waals surface area (Å²) in [6.45, 7) is 1.85. The molecule has 2 atom stereocenters. The quantitative estimate of drug-likeness (QED) is 0.886. The van der Waals surface area contributed by atoms with Gasteiger partial charge in [-0.1, -0.05) is 19.1 Å². The molecule has 0 bridgehead atoms. The molecule has 1 amide bonds. The number of rotatable bonds is 4. The van der Waals surface area contributed by atoms with Gasteiger partial charge in [0.15, 0.2) is 0 Å². The summed E-state index contributed by atoms with van der Waals surface area (Å²) in [5, 5.41) is 7.32. The Bertz CT molecular complexity index is 780. The van der Waals surface area contributed by atoms with Crippen LogP contribution in [0.25, 0.3) is 0 Å². The molecule has 0 spiro atoms. The molecular weight excluding hydrogens is 343 g/mol. The first kappa shape index (κ1) is 18.5.